The summed E-state index contributed by atoms with van der Waals surface area (Å²) in [5.41, 5.74) is 3.07. The zero-order valence-corrected chi connectivity index (χ0v) is 20.5. The Hall–Kier alpha value is -1.98. The van der Waals surface area contributed by atoms with Gasteiger partial charge in [-0.15, -0.1) is 11.8 Å². The monoisotopic (exact) mass is 444 g/mol. The number of unbranched alkanes of at least 4 members (excludes halogenated alkanes) is 1. The van der Waals surface area contributed by atoms with Crippen LogP contribution in [-0.4, -0.2) is 29.5 Å². The summed E-state index contributed by atoms with van der Waals surface area (Å²) in [7, 11) is 0. The maximum absolute atomic E-state index is 11.4. The molecule has 1 unspecified atom stereocenters. The number of carbonyl (C=O) groups is 1. The van der Waals surface area contributed by atoms with E-state index >= 15 is 0 Å². The van der Waals surface area contributed by atoms with Gasteiger partial charge in [0.1, 0.15) is 5.75 Å². The molecule has 0 saturated carbocycles. The molecule has 0 amide bonds. The molecule has 0 heterocycles. The molecule has 0 fully saturated rings. The Labute approximate surface area is 191 Å². The summed E-state index contributed by atoms with van der Waals surface area (Å²) in [6, 6.07) is 12.8. The molecule has 0 aromatic heterocycles. The van der Waals surface area contributed by atoms with Crippen LogP contribution in [0.15, 0.2) is 41.3 Å². The standard InChI is InChI=1S/C26H36O4S/c1-7-8-15-29-23(21-10-12-22(31-6)13-11-21)14-9-20-16-18(2)24(19(3)17-20)30-26(4,5)25(27)28/h10-13,16-17,23H,7-9,14-15H2,1-6H3,(H,27,28). The lowest BCUT2D eigenvalue weighted by Gasteiger charge is -2.25. The fourth-order valence-electron chi connectivity index (χ4n) is 3.48. The number of carboxylic acids is 1. The van der Waals surface area contributed by atoms with E-state index in [-0.39, 0.29) is 6.10 Å². The van der Waals surface area contributed by atoms with Crippen LogP contribution in [-0.2, 0) is 16.0 Å². The van der Waals surface area contributed by atoms with Gasteiger partial charge in [-0.25, -0.2) is 4.79 Å². The molecule has 0 aliphatic rings. The molecular formula is C26H36O4S. The summed E-state index contributed by atoms with van der Waals surface area (Å²) in [6.45, 7) is 10.0. The largest absolute Gasteiger partial charge is 0.478 e. The summed E-state index contributed by atoms with van der Waals surface area (Å²) < 4.78 is 12.1. The molecule has 1 N–H and O–H groups in total. The van der Waals surface area contributed by atoms with Gasteiger partial charge in [-0.2, -0.15) is 0 Å². The van der Waals surface area contributed by atoms with E-state index in [9.17, 15) is 9.90 Å². The van der Waals surface area contributed by atoms with Crippen molar-refractivity contribution in [2.45, 2.75) is 76.9 Å². The second-order valence-electron chi connectivity index (χ2n) is 8.50. The summed E-state index contributed by atoms with van der Waals surface area (Å²) in [5.74, 6) is -0.325. The normalized spacial score (nSPS) is 12.6. The number of thioether (sulfide) groups is 1. The van der Waals surface area contributed by atoms with Gasteiger partial charge < -0.3 is 14.6 Å². The molecule has 4 nitrogen and oxygen atoms in total. The zero-order valence-electron chi connectivity index (χ0n) is 19.7. The van der Waals surface area contributed by atoms with E-state index < -0.39 is 11.6 Å². The van der Waals surface area contributed by atoms with Crippen molar-refractivity contribution in [1.29, 1.82) is 0 Å². The molecule has 1 atom stereocenters. The highest BCUT2D eigenvalue weighted by Crippen LogP contribution is 2.31. The first-order valence-corrected chi connectivity index (χ1v) is 12.2. The number of rotatable bonds is 12. The molecule has 31 heavy (non-hydrogen) atoms. The molecule has 2 aromatic carbocycles. The zero-order chi connectivity index (χ0) is 23.0. The molecule has 170 valence electrons. The van der Waals surface area contributed by atoms with E-state index in [2.05, 4.69) is 49.6 Å². The van der Waals surface area contributed by atoms with Crippen molar-refractivity contribution >= 4 is 17.7 Å². The molecule has 0 bridgehead atoms. The molecule has 2 aromatic rings. The lowest BCUT2D eigenvalue weighted by molar-refractivity contribution is -0.152. The van der Waals surface area contributed by atoms with Crippen LogP contribution >= 0.6 is 11.8 Å². The van der Waals surface area contributed by atoms with Crippen molar-refractivity contribution in [2.24, 2.45) is 0 Å². The van der Waals surface area contributed by atoms with Gasteiger partial charge in [0.25, 0.3) is 0 Å². The van der Waals surface area contributed by atoms with Gasteiger partial charge in [-0.05, 0) is 87.6 Å². The minimum atomic E-state index is -1.27. The predicted octanol–water partition coefficient (Wildman–Crippen LogP) is 6.76. The Balaban J connectivity index is 2.15. The van der Waals surface area contributed by atoms with Gasteiger partial charge >= 0.3 is 5.97 Å². The molecule has 0 aliphatic carbocycles. The number of aliphatic carboxylic acids is 1. The Morgan fingerprint density at radius 2 is 1.74 bits per heavy atom. The third-order valence-corrected chi connectivity index (χ3v) is 6.14. The van der Waals surface area contributed by atoms with Gasteiger partial charge in [0.05, 0.1) is 6.10 Å². The van der Waals surface area contributed by atoms with E-state index in [1.165, 1.54) is 16.0 Å². The number of benzene rings is 2. The number of carboxylic acid groups (broad SMARTS) is 1. The maximum atomic E-state index is 11.4. The van der Waals surface area contributed by atoms with Crippen molar-refractivity contribution in [3.8, 4) is 5.75 Å². The summed E-state index contributed by atoms with van der Waals surface area (Å²) in [5, 5.41) is 9.37. The van der Waals surface area contributed by atoms with Crippen LogP contribution in [0.2, 0.25) is 0 Å². The van der Waals surface area contributed by atoms with Gasteiger partial charge in [-0.3, -0.25) is 0 Å². The molecule has 0 saturated heterocycles. The van der Waals surface area contributed by atoms with Gasteiger partial charge in [0.2, 0.25) is 0 Å². The first kappa shape index (κ1) is 25.3. The SMILES string of the molecule is CCCCOC(CCc1cc(C)c(OC(C)(C)C(=O)O)c(C)c1)c1ccc(SC)cc1. The lowest BCUT2D eigenvalue weighted by Crippen LogP contribution is -2.38. The van der Waals surface area contributed by atoms with E-state index in [4.69, 9.17) is 9.47 Å². The van der Waals surface area contributed by atoms with Crippen LogP contribution in [0.1, 0.15) is 68.4 Å². The summed E-state index contributed by atoms with van der Waals surface area (Å²) >= 11 is 1.74. The molecule has 5 heteroatoms. The van der Waals surface area contributed by atoms with Crippen LogP contribution < -0.4 is 4.74 Å². The van der Waals surface area contributed by atoms with E-state index in [0.29, 0.717) is 5.75 Å². The smallest absolute Gasteiger partial charge is 0.347 e. The Bertz CT molecular complexity index is 835. The van der Waals surface area contributed by atoms with E-state index in [1.807, 2.05) is 13.8 Å². The average Bonchev–Trinajstić information content (AvgIpc) is 2.73. The first-order chi connectivity index (χ1) is 14.7. The highest BCUT2D eigenvalue weighted by atomic mass is 32.2. The highest BCUT2D eigenvalue weighted by Gasteiger charge is 2.30. The lowest BCUT2D eigenvalue weighted by atomic mass is 9.97. The van der Waals surface area contributed by atoms with Crippen molar-refractivity contribution in [3.63, 3.8) is 0 Å². The summed E-state index contributed by atoms with van der Waals surface area (Å²) in [6.07, 6.45) is 6.09. The molecule has 0 radical (unpaired) electrons. The van der Waals surface area contributed by atoms with Gasteiger partial charge in [0, 0.05) is 11.5 Å². The average molecular weight is 445 g/mol. The fourth-order valence-corrected chi connectivity index (χ4v) is 3.88. The Kier molecular flexibility index (Phi) is 9.45. The number of hydrogen-bond donors (Lipinski definition) is 1. The molecule has 0 spiro atoms. The van der Waals surface area contributed by atoms with Crippen molar-refractivity contribution in [1.82, 2.24) is 0 Å². The van der Waals surface area contributed by atoms with Gasteiger partial charge in [-0.1, -0.05) is 37.6 Å². The molecular weight excluding hydrogens is 408 g/mol. The third kappa shape index (κ3) is 7.29. The van der Waals surface area contributed by atoms with Crippen LogP contribution in [0.25, 0.3) is 0 Å². The Morgan fingerprint density at radius 1 is 1.13 bits per heavy atom. The number of hydrogen-bond acceptors (Lipinski definition) is 4. The Morgan fingerprint density at radius 3 is 2.26 bits per heavy atom. The van der Waals surface area contributed by atoms with Gasteiger partial charge in [0.15, 0.2) is 5.60 Å². The predicted molar refractivity (Wildman–Crippen MR) is 128 cm³/mol. The minimum absolute atomic E-state index is 0.0601. The van der Waals surface area contributed by atoms with E-state index in [0.717, 1.165) is 43.4 Å². The fraction of sp³-hybridized carbons (Fsp3) is 0.500. The van der Waals surface area contributed by atoms with Crippen molar-refractivity contribution < 1.29 is 19.4 Å². The number of aryl methyl sites for hydroxylation is 3. The van der Waals surface area contributed by atoms with Crippen molar-refractivity contribution in [2.75, 3.05) is 12.9 Å². The van der Waals surface area contributed by atoms with E-state index in [1.54, 1.807) is 25.6 Å². The molecule has 2 rings (SSSR count). The van der Waals surface area contributed by atoms with Crippen LogP contribution in [0, 0.1) is 13.8 Å². The molecule has 0 aliphatic heterocycles. The minimum Gasteiger partial charge on any atom is -0.478 e. The summed E-state index contributed by atoms with van der Waals surface area (Å²) in [4.78, 5) is 12.7. The first-order valence-electron chi connectivity index (χ1n) is 11.0. The van der Waals surface area contributed by atoms with Crippen molar-refractivity contribution in [3.05, 3.63) is 58.7 Å². The quantitative estimate of drug-likeness (QED) is 0.290. The van der Waals surface area contributed by atoms with Crippen LogP contribution in [0.3, 0.4) is 0 Å². The second-order valence-corrected chi connectivity index (χ2v) is 9.38. The second kappa shape index (κ2) is 11.6. The van der Waals surface area contributed by atoms with Crippen LogP contribution in [0.5, 0.6) is 5.75 Å². The third-order valence-electron chi connectivity index (χ3n) is 5.39. The van der Waals surface area contributed by atoms with Crippen LogP contribution in [0.4, 0.5) is 0 Å². The maximum Gasteiger partial charge on any atom is 0.347 e. The number of ether oxygens (including phenoxy) is 2. The highest BCUT2D eigenvalue weighted by molar-refractivity contribution is 7.98. The topological polar surface area (TPSA) is 55.8 Å².